The lowest BCUT2D eigenvalue weighted by Crippen LogP contribution is -1.86. The number of aromatic hydroxyl groups is 3. The van der Waals surface area contributed by atoms with Gasteiger partial charge in [0, 0.05) is 5.56 Å². The molecule has 0 atom stereocenters. The smallest absolute Gasteiger partial charge is 0.200 e. The van der Waals surface area contributed by atoms with Crippen LogP contribution in [0.3, 0.4) is 0 Å². The minimum absolute atomic E-state index is 0.408. The van der Waals surface area contributed by atoms with Gasteiger partial charge in [0.25, 0.3) is 0 Å². The van der Waals surface area contributed by atoms with Crippen LogP contribution in [0.1, 0.15) is 5.56 Å². The number of benzene rings is 1. The normalized spacial score (nSPS) is 10.7. The van der Waals surface area contributed by atoms with Gasteiger partial charge in [-0.3, -0.25) is 0 Å². The molecular formula is C7H8N2O3. The number of hydrogen-bond donors (Lipinski definition) is 4. The highest BCUT2D eigenvalue weighted by molar-refractivity contribution is 5.81. The Labute approximate surface area is 68.4 Å². The van der Waals surface area contributed by atoms with Gasteiger partial charge in [0.1, 0.15) is 0 Å². The maximum atomic E-state index is 9.00. The molecule has 0 aliphatic carbocycles. The Morgan fingerprint density at radius 3 is 2.08 bits per heavy atom. The molecule has 0 aromatic heterocycles. The first-order valence-electron chi connectivity index (χ1n) is 3.13. The zero-order chi connectivity index (χ0) is 9.14. The molecule has 5 heteroatoms. The molecule has 0 bridgehead atoms. The van der Waals surface area contributed by atoms with Crippen LogP contribution in [0.25, 0.3) is 0 Å². The molecule has 0 unspecified atom stereocenters. The molecule has 0 radical (unpaired) electrons. The Morgan fingerprint density at radius 1 is 1.17 bits per heavy atom. The summed E-state index contributed by atoms with van der Waals surface area (Å²) >= 11 is 0. The fourth-order valence-electron chi connectivity index (χ4n) is 0.786. The third-order valence-corrected chi connectivity index (χ3v) is 1.32. The standard InChI is InChI=1S/C7H8N2O3/c8-9-3-4-1-5(10)7(12)6(11)2-4/h1-3,10-12H,8H2. The van der Waals surface area contributed by atoms with Crippen LogP contribution in [0.15, 0.2) is 17.2 Å². The molecule has 0 aliphatic rings. The molecule has 0 spiro atoms. The van der Waals surface area contributed by atoms with Crippen LogP contribution < -0.4 is 5.84 Å². The maximum Gasteiger partial charge on any atom is 0.200 e. The molecule has 5 N–H and O–H groups in total. The van der Waals surface area contributed by atoms with E-state index in [1.54, 1.807) is 0 Å². The summed E-state index contributed by atoms with van der Waals surface area (Å²) in [5.74, 6) is 3.47. The molecule has 12 heavy (non-hydrogen) atoms. The van der Waals surface area contributed by atoms with E-state index < -0.39 is 17.2 Å². The summed E-state index contributed by atoms with van der Waals surface area (Å²) < 4.78 is 0. The molecule has 64 valence electrons. The summed E-state index contributed by atoms with van der Waals surface area (Å²) in [6, 6.07) is 2.46. The molecular weight excluding hydrogens is 160 g/mol. The molecule has 1 aromatic carbocycles. The van der Waals surface area contributed by atoms with Gasteiger partial charge < -0.3 is 21.2 Å². The van der Waals surface area contributed by atoms with Crippen molar-refractivity contribution in [2.45, 2.75) is 0 Å². The molecule has 0 aliphatic heterocycles. The van der Waals surface area contributed by atoms with Crippen LogP contribution in [0, 0.1) is 0 Å². The van der Waals surface area contributed by atoms with E-state index in [0.29, 0.717) is 5.56 Å². The molecule has 0 heterocycles. The van der Waals surface area contributed by atoms with Crippen molar-refractivity contribution in [1.82, 2.24) is 0 Å². The average molecular weight is 168 g/mol. The van der Waals surface area contributed by atoms with Crippen LogP contribution in [0.4, 0.5) is 0 Å². The predicted molar refractivity (Wildman–Crippen MR) is 43.2 cm³/mol. The van der Waals surface area contributed by atoms with E-state index in [2.05, 4.69) is 5.10 Å². The molecule has 1 aromatic rings. The molecule has 0 saturated carbocycles. The summed E-state index contributed by atoms with van der Waals surface area (Å²) in [4.78, 5) is 0. The minimum atomic E-state index is -0.552. The zero-order valence-electron chi connectivity index (χ0n) is 6.10. The van der Waals surface area contributed by atoms with Crippen LogP contribution >= 0.6 is 0 Å². The van der Waals surface area contributed by atoms with Gasteiger partial charge in [-0.1, -0.05) is 0 Å². The lowest BCUT2D eigenvalue weighted by molar-refractivity contribution is 0.368. The van der Waals surface area contributed by atoms with Gasteiger partial charge in [0.2, 0.25) is 0 Å². The van der Waals surface area contributed by atoms with E-state index in [-0.39, 0.29) is 0 Å². The van der Waals surface area contributed by atoms with Gasteiger partial charge in [-0.25, -0.2) is 0 Å². The summed E-state index contributed by atoms with van der Waals surface area (Å²) in [7, 11) is 0. The van der Waals surface area contributed by atoms with Crippen molar-refractivity contribution in [3.63, 3.8) is 0 Å². The topological polar surface area (TPSA) is 99.1 Å². The Hall–Kier alpha value is -1.91. The quantitative estimate of drug-likeness (QED) is 0.207. The SMILES string of the molecule is NN=Cc1cc(O)c(O)c(O)c1. The average Bonchev–Trinajstić information content (AvgIpc) is 2.01. The number of phenolic OH excluding ortho intramolecular Hbond substituents is 3. The van der Waals surface area contributed by atoms with Gasteiger partial charge >= 0.3 is 0 Å². The minimum Gasteiger partial charge on any atom is -0.504 e. The second kappa shape index (κ2) is 3.00. The van der Waals surface area contributed by atoms with Crippen molar-refractivity contribution in [3.8, 4) is 17.2 Å². The van der Waals surface area contributed by atoms with E-state index in [4.69, 9.17) is 21.2 Å². The third kappa shape index (κ3) is 1.39. The maximum absolute atomic E-state index is 9.00. The van der Waals surface area contributed by atoms with E-state index in [0.717, 1.165) is 0 Å². The summed E-state index contributed by atoms with van der Waals surface area (Å²) in [6.07, 6.45) is 1.23. The predicted octanol–water partition coefficient (Wildman–Crippen LogP) is 0.0960. The number of rotatable bonds is 1. The van der Waals surface area contributed by atoms with Crippen molar-refractivity contribution < 1.29 is 15.3 Å². The Morgan fingerprint density at radius 2 is 1.67 bits per heavy atom. The molecule has 5 nitrogen and oxygen atoms in total. The molecule has 0 amide bonds. The number of phenols is 3. The largest absolute Gasteiger partial charge is 0.504 e. The van der Waals surface area contributed by atoms with Crippen molar-refractivity contribution in [3.05, 3.63) is 17.7 Å². The van der Waals surface area contributed by atoms with Crippen LogP contribution in [0.5, 0.6) is 17.2 Å². The van der Waals surface area contributed by atoms with Gasteiger partial charge in [-0.15, -0.1) is 0 Å². The molecule has 0 fully saturated rings. The van der Waals surface area contributed by atoms with Crippen molar-refractivity contribution in [1.29, 1.82) is 0 Å². The van der Waals surface area contributed by atoms with E-state index in [1.807, 2.05) is 0 Å². The van der Waals surface area contributed by atoms with E-state index in [1.165, 1.54) is 18.3 Å². The summed E-state index contributed by atoms with van der Waals surface area (Å²) in [6.45, 7) is 0. The van der Waals surface area contributed by atoms with Gasteiger partial charge in [-0.05, 0) is 12.1 Å². The lowest BCUT2D eigenvalue weighted by Gasteiger charge is -2.00. The summed E-state index contributed by atoms with van der Waals surface area (Å²) in [5, 5.41) is 30.1. The number of nitrogens with two attached hydrogens (primary N) is 1. The Kier molecular flexibility index (Phi) is 2.05. The first-order valence-corrected chi connectivity index (χ1v) is 3.13. The van der Waals surface area contributed by atoms with Crippen LogP contribution in [-0.2, 0) is 0 Å². The second-order valence-corrected chi connectivity index (χ2v) is 2.19. The van der Waals surface area contributed by atoms with Gasteiger partial charge in [0.15, 0.2) is 17.2 Å². The highest BCUT2D eigenvalue weighted by atomic mass is 16.3. The summed E-state index contributed by atoms with van der Waals surface area (Å²) in [5.41, 5.74) is 0.408. The van der Waals surface area contributed by atoms with Crippen LogP contribution in [0.2, 0.25) is 0 Å². The highest BCUT2D eigenvalue weighted by Crippen LogP contribution is 2.34. The first-order chi connectivity index (χ1) is 5.65. The van der Waals surface area contributed by atoms with E-state index in [9.17, 15) is 0 Å². The van der Waals surface area contributed by atoms with Gasteiger partial charge in [0.05, 0.1) is 6.21 Å². The molecule has 1 rings (SSSR count). The number of hydrazone groups is 1. The molecule has 0 saturated heterocycles. The van der Waals surface area contributed by atoms with Crippen LogP contribution in [-0.4, -0.2) is 21.5 Å². The number of nitrogens with zero attached hydrogens (tertiary/aromatic N) is 1. The van der Waals surface area contributed by atoms with Crippen molar-refractivity contribution in [2.24, 2.45) is 10.9 Å². The Bertz CT molecular complexity index is 299. The van der Waals surface area contributed by atoms with E-state index >= 15 is 0 Å². The monoisotopic (exact) mass is 168 g/mol. The lowest BCUT2D eigenvalue weighted by atomic mass is 10.2. The second-order valence-electron chi connectivity index (χ2n) is 2.19. The Balaban J connectivity index is 3.21. The third-order valence-electron chi connectivity index (χ3n) is 1.32. The van der Waals surface area contributed by atoms with Crippen molar-refractivity contribution >= 4 is 6.21 Å². The fraction of sp³-hybridized carbons (Fsp3) is 0. The number of hydrogen-bond acceptors (Lipinski definition) is 5. The zero-order valence-corrected chi connectivity index (χ0v) is 6.10. The first kappa shape index (κ1) is 8.19. The van der Waals surface area contributed by atoms with Gasteiger partial charge in [-0.2, -0.15) is 5.10 Å². The highest BCUT2D eigenvalue weighted by Gasteiger charge is 2.06. The van der Waals surface area contributed by atoms with Crippen molar-refractivity contribution in [2.75, 3.05) is 0 Å². The fourth-order valence-corrected chi connectivity index (χ4v) is 0.786.